The lowest BCUT2D eigenvalue weighted by Crippen LogP contribution is -2.17. The molecule has 0 spiro atoms. The zero-order chi connectivity index (χ0) is 11.7. The summed E-state index contributed by atoms with van der Waals surface area (Å²) in [6, 6.07) is 5.44. The predicted molar refractivity (Wildman–Crippen MR) is 62.5 cm³/mol. The highest BCUT2D eigenvalue weighted by atomic mass is 16.1. The first kappa shape index (κ1) is 10.5. The van der Waals surface area contributed by atoms with Gasteiger partial charge >= 0.3 is 0 Å². The number of aromatic amines is 1. The number of anilines is 1. The molecule has 0 fully saturated rings. The van der Waals surface area contributed by atoms with E-state index in [0.29, 0.717) is 11.6 Å². The molecule has 0 atom stereocenters. The molecule has 0 bridgehead atoms. The van der Waals surface area contributed by atoms with Crippen LogP contribution in [-0.2, 0) is 0 Å². The fraction of sp³-hybridized carbons (Fsp3) is 0.273. The highest BCUT2D eigenvalue weighted by Gasteiger charge is 2.02. The molecule has 2 N–H and O–H groups in total. The van der Waals surface area contributed by atoms with E-state index in [2.05, 4.69) is 15.4 Å². The van der Waals surface area contributed by atoms with Gasteiger partial charge in [-0.15, -0.1) is 0 Å². The molecule has 0 aliphatic heterocycles. The second kappa shape index (κ2) is 3.84. The van der Waals surface area contributed by atoms with E-state index in [1.165, 1.54) is 6.07 Å². The third-order valence-electron chi connectivity index (χ3n) is 2.36. The van der Waals surface area contributed by atoms with E-state index in [0.717, 1.165) is 11.4 Å². The van der Waals surface area contributed by atoms with Crippen molar-refractivity contribution >= 4 is 5.82 Å². The van der Waals surface area contributed by atoms with Crippen molar-refractivity contribution in [2.45, 2.75) is 20.8 Å². The molecule has 2 aromatic heterocycles. The van der Waals surface area contributed by atoms with Crippen LogP contribution in [0.1, 0.15) is 17.2 Å². The number of hydrogen-bond acceptors (Lipinski definition) is 3. The van der Waals surface area contributed by atoms with Crippen LogP contribution in [0.15, 0.2) is 23.0 Å². The van der Waals surface area contributed by atoms with Crippen LogP contribution in [-0.4, -0.2) is 14.6 Å². The SMILES string of the molecule is Cc1nc(Nn2c(C)ccc2C)cc(=O)[nH]1. The Kier molecular flexibility index (Phi) is 2.52. The van der Waals surface area contributed by atoms with Crippen LogP contribution in [0.2, 0.25) is 0 Å². The standard InChI is InChI=1S/C11H14N4O/c1-7-4-5-8(2)15(7)14-10-6-11(16)13-9(3)12-10/h4-6H,1-3H3,(H2,12,13,14,16). The topological polar surface area (TPSA) is 62.7 Å². The average Bonchev–Trinajstić information content (AvgIpc) is 2.48. The van der Waals surface area contributed by atoms with Crippen molar-refractivity contribution in [1.82, 2.24) is 14.6 Å². The molecule has 0 unspecified atom stereocenters. The summed E-state index contributed by atoms with van der Waals surface area (Å²) in [6.45, 7) is 5.72. The fourth-order valence-electron chi connectivity index (χ4n) is 1.60. The van der Waals surface area contributed by atoms with Crippen LogP contribution in [0, 0.1) is 20.8 Å². The molecule has 0 aromatic carbocycles. The van der Waals surface area contributed by atoms with E-state index in [9.17, 15) is 4.79 Å². The lowest BCUT2D eigenvalue weighted by Gasteiger charge is -2.11. The van der Waals surface area contributed by atoms with Gasteiger partial charge in [0.1, 0.15) is 5.82 Å². The number of aromatic nitrogens is 3. The van der Waals surface area contributed by atoms with Crippen molar-refractivity contribution in [1.29, 1.82) is 0 Å². The third-order valence-corrected chi connectivity index (χ3v) is 2.36. The molecule has 0 aliphatic rings. The van der Waals surface area contributed by atoms with Gasteiger partial charge < -0.3 is 4.98 Å². The van der Waals surface area contributed by atoms with Gasteiger partial charge in [0.15, 0.2) is 5.82 Å². The lowest BCUT2D eigenvalue weighted by atomic mass is 10.5. The molecule has 2 rings (SSSR count). The van der Waals surface area contributed by atoms with Crippen LogP contribution in [0.3, 0.4) is 0 Å². The Hall–Kier alpha value is -2.04. The Bertz CT molecular complexity index is 548. The molecular formula is C11H14N4O. The Balaban J connectivity index is 2.37. The zero-order valence-electron chi connectivity index (χ0n) is 9.53. The largest absolute Gasteiger partial charge is 0.311 e. The van der Waals surface area contributed by atoms with Crippen LogP contribution in [0.4, 0.5) is 5.82 Å². The summed E-state index contributed by atoms with van der Waals surface area (Å²) < 4.78 is 1.89. The molecule has 0 aliphatic carbocycles. The van der Waals surface area contributed by atoms with Gasteiger partial charge in [0.25, 0.3) is 5.56 Å². The van der Waals surface area contributed by atoms with Gasteiger partial charge in [-0.25, -0.2) is 4.98 Å². The Morgan fingerprint density at radius 2 is 1.88 bits per heavy atom. The summed E-state index contributed by atoms with van der Waals surface area (Å²) in [5.41, 5.74) is 5.07. The molecule has 2 aromatic rings. The first-order valence-electron chi connectivity index (χ1n) is 5.06. The number of rotatable bonds is 2. The monoisotopic (exact) mass is 218 g/mol. The second-order valence-corrected chi connectivity index (χ2v) is 3.78. The lowest BCUT2D eigenvalue weighted by molar-refractivity contribution is 0.860. The number of aryl methyl sites for hydroxylation is 3. The maximum absolute atomic E-state index is 11.3. The Morgan fingerprint density at radius 3 is 2.44 bits per heavy atom. The van der Waals surface area contributed by atoms with Crippen LogP contribution < -0.4 is 11.0 Å². The van der Waals surface area contributed by atoms with E-state index in [-0.39, 0.29) is 5.56 Å². The number of hydrogen-bond donors (Lipinski definition) is 2. The highest BCUT2D eigenvalue weighted by molar-refractivity contribution is 5.34. The number of H-pyrrole nitrogens is 1. The fourth-order valence-corrected chi connectivity index (χ4v) is 1.60. The molecule has 0 saturated carbocycles. The maximum Gasteiger partial charge on any atom is 0.253 e. The highest BCUT2D eigenvalue weighted by Crippen LogP contribution is 2.08. The molecule has 5 heteroatoms. The maximum atomic E-state index is 11.3. The zero-order valence-corrected chi connectivity index (χ0v) is 9.53. The summed E-state index contributed by atoms with van der Waals surface area (Å²) >= 11 is 0. The third kappa shape index (κ3) is 1.98. The summed E-state index contributed by atoms with van der Waals surface area (Å²) in [5.74, 6) is 1.14. The first-order chi connectivity index (χ1) is 7.56. The van der Waals surface area contributed by atoms with Gasteiger partial charge in [0.2, 0.25) is 0 Å². The van der Waals surface area contributed by atoms with Crippen LogP contribution in [0.25, 0.3) is 0 Å². The molecule has 5 nitrogen and oxygen atoms in total. The predicted octanol–water partition coefficient (Wildman–Crippen LogP) is 1.37. The Labute approximate surface area is 93.1 Å². The quantitative estimate of drug-likeness (QED) is 0.800. The second-order valence-electron chi connectivity index (χ2n) is 3.78. The minimum Gasteiger partial charge on any atom is -0.311 e. The van der Waals surface area contributed by atoms with Crippen molar-refractivity contribution in [3.8, 4) is 0 Å². The van der Waals surface area contributed by atoms with Gasteiger partial charge in [-0.2, -0.15) is 0 Å². The summed E-state index contributed by atoms with van der Waals surface area (Å²) in [7, 11) is 0. The molecule has 16 heavy (non-hydrogen) atoms. The summed E-state index contributed by atoms with van der Waals surface area (Å²) in [5, 5.41) is 0. The molecule has 2 heterocycles. The van der Waals surface area contributed by atoms with Crippen molar-refractivity contribution in [3.63, 3.8) is 0 Å². The smallest absolute Gasteiger partial charge is 0.253 e. The number of nitrogens with one attached hydrogen (secondary N) is 2. The van der Waals surface area contributed by atoms with E-state index in [1.807, 2.05) is 30.7 Å². The minimum absolute atomic E-state index is 0.155. The average molecular weight is 218 g/mol. The van der Waals surface area contributed by atoms with Gasteiger partial charge in [-0.05, 0) is 32.9 Å². The van der Waals surface area contributed by atoms with Crippen molar-refractivity contribution in [2.75, 3.05) is 5.43 Å². The summed E-state index contributed by atoms with van der Waals surface area (Å²) in [4.78, 5) is 18.1. The van der Waals surface area contributed by atoms with Crippen LogP contribution >= 0.6 is 0 Å². The first-order valence-corrected chi connectivity index (χ1v) is 5.06. The normalized spacial score (nSPS) is 10.4. The van der Waals surface area contributed by atoms with Gasteiger partial charge in [0.05, 0.1) is 0 Å². The number of nitrogens with zero attached hydrogens (tertiary/aromatic N) is 2. The molecule has 0 saturated heterocycles. The minimum atomic E-state index is -0.155. The Morgan fingerprint density at radius 1 is 1.25 bits per heavy atom. The van der Waals surface area contributed by atoms with Gasteiger partial charge in [0, 0.05) is 17.5 Å². The van der Waals surface area contributed by atoms with E-state index >= 15 is 0 Å². The van der Waals surface area contributed by atoms with E-state index in [4.69, 9.17) is 0 Å². The van der Waals surface area contributed by atoms with Crippen LogP contribution in [0.5, 0.6) is 0 Å². The molecule has 0 radical (unpaired) electrons. The van der Waals surface area contributed by atoms with Crippen molar-refractivity contribution in [3.05, 3.63) is 45.8 Å². The molecule has 84 valence electrons. The molecular weight excluding hydrogens is 204 g/mol. The molecule has 0 amide bonds. The van der Waals surface area contributed by atoms with Crippen molar-refractivity contribution in [2.24, 2.45) is 0 Å². The summed E-state index contributed by atoms with van der Waals surface area (Å²) in [6.07, 6.45) is 0. The van der Waals surface area contributed by atoms with Gasteiger partial charge in [-0.3, -0.25) is 14.9 Å². The van der Waals surface area contributed by atoms with Crippen molar-refractivity contribution < 1.29 is 0 Å². The van der Waals surface area contributed by atoms with E-state index < -0.39 is 0 Å². The van der Waals surface area contributed by atoms with Gasteiger partial charge in [-0.1, -0.05) is 0 Å². The van der Waals surface area contributed by atoms with E-state index in [1.54, 1.807) is 6.92 Å².